The molecule has 0 saturated carbocycles. The fourth-order valence-corrected chi connectivity index (χ4v) is 3.91. The van der Waals surface area contributed by atoms with Gasteiger partial charge in [-0.2, -0.15) is 0 Å². The predicted octanol–water partition coefficient (Wildman–Crippen LogP) is 3.73. The number of carbonyl (C=O) groups is 3. The predicted molar refractivity (Wildman–Crippen MR) is 128 cm³/mol. The summed E-state index contributed by atoms with van der Waals surface area (Å²) >= 11 is 1.53. The van der Waals surface area contributed by atoms with Crippen LogP contribution < -0.4 is 16.2 Å². The molecule has 0 aliphatic heterocycles. The minimum absolute atomic E-state index is 0.229. The maximum Gasteiger partial charge on any atom is 0.269 e. The summed E-state index contributed by atoms with van der Waals surface area (Å²) in [5, 5.41) is 3.39. The number of rotatable bonds is 6. The highest BCUT2D eigenvalue weighted by atomic mass is 32.2. The number of nitrogens with one attached hydrogen (secondary N) is 3. The molecule has 0 bridgehead atoms. The second-order valence-electron chi connectivity index (χ2n) is 7.54. The molecule has 0 aliphatic rings. The van der Waals surface area contributed by atoms with E-state index in [9.17, 15) is 14.4 Å². The van der Waals surface area contributed by atoms with Crippen molar-refractivity contribution in [1.29, 1.82) is 0 Å². The molecule has 9 heteroatoms. The average Bonchev–Trinajstić information content (AvgIpc) is 2.76. The van der Waals surface area contributed by atoms with Crippen LogP contribution in [0.25, 0.3) is 0 Å². The largest absolute Gasteiger partial charge is 0.326 e. The molecule has 0 aliphatic carbocycles. The molecule has 1 aromatic heterocycles. The molecule has 33 heavy (non-hydrogen) atoms. The summed E-state index contributed by atoms with van der Waals surface area (Å²) < 4.78 is 0. The Bertz CT molecular complexity index is 1170. The van der Waals surface area contributed by atoms with Crippen LogP contribution in [0.15, 0.2) is 53.7 Å². The van der Waals surface area contributed by atoms with E-state index in [1.807, 2.05) is 39.0 Å². The Hall–Kier alpha value is -3.72. The number of nitrogens with zero attached hydrogens (tertiary/aromatic N) is 2. The van der Waals surface area contributed by atoms with E-state index in [1.54, 1.807) is 30.3 Å². The lowest BCUT2D eigenvalue weighted by Gasteiger charge is -2.11. The maximum absolute atomic E-state index is 12.4. The molecule has 3 amide bonds. The summed E-state index contributed by atoms with van der Waals surface area (Å²) in [4.78, 5) is 44.9. The number of thioether (sulfide) groups is 1. The Morgan fingerprint density at radius 3 is 2.00 bits per heavy atom. The molecule has 3 N–H and O–H groups in total. The molecule has 8 nitrogen and oxygen atoms in total. The lowest BCUT2D eigenvalue weighted by molar-refractivity contribution is -0.114. The zero-order valence-electron chi connectivity index (χ0n) is 18.9. The van der Waals surface area contributed by atoms with Crippen molar-refractivity contribution in [3.05, 3.63) is 82.2 Å². The van der Waals surface area contributed by atoms with Gasteiger partial charge in [0.15, 0.2) is 5.16 Å². The van der Waals surface area contributed by atoms with Gasteiger partial charge in [0.25, 0.3) is 11.8 Å². The Kier molecular flexibility index (Phi) is 7.78. The van der Waals surface area contributed by atoms with E-state index < -0.39 is 11.8 Å². The first kappa shape index (κ1) is 23.9. The van der Waals surface area contributed by atoms with Crippen LogP contribution in [0, 0.1) is 20.8 Å². The van der Waals surface area contributed by atoms with Crippen LogP contribution in [0.4, 0.5) is 5.69 Å². The van der Waals surface area contributed by atoms with Gasteiger partial charge in [0.2, 0.25) is 5.91 Å². The van der Waals surface area contributed by atoms with Gasteiger partial charge in [-0.3, -0.25) is 25.2 Å². The lowest BCUT2D eigenvalue weighted by atomic mass is 10.1. The van der Waals surface area contributed by atoms with E-state index in [0.717, 1.165) is 27.7 Å². The number of hydrogen-bond acceptors (Lipinski definition) is 6. The van der Waals surface area contributed by atoms with E-state index >= 15 is 0 Å². The minimum atomic E-state index is -0.489. The number of amides is 3. The Morgan fingerprint density at radius 2 is 1.39 bits per heavy atom. The third-order valence-electron chi connectivity index (χ3n) is 4.65. The highest BCUT2D eigenvalue weighted by Gasteiger charge is 2.12. The summed E-state index contributed by atoms with van der Waals surface area (Å²) in [6, 6.07) is 13.9. The van der Waals surface area contributed by atoms with Crippen molar-refractivity contribution in [1.82, 2.24) is 20.8 Å². The quantitative estimate of drug-likeness (QED) is 0.292. The van der Waals surface area contributed by atoms with Crippen LogP contribution in [0.2, 0.25) is 0 Å². The van der Waals surface area contributed by atoms with Crippen molar-refractivity contribution in [2.75, 3.05) is 5.32 Å². The smallest absolute Gasteiger partial charge is 0.269 e. The van der Waals surface area contributed by atoms with Crippen molar-refractivity contribution in [2.24, 2.45) is 0 Å². The molecule has 0 saturated heterocycles. The van der Waals surface area contributed by atoms with Crippen LogP contribution in [0.1, 0.15) is 50.2 Å². The summed E-state index contributed by atoms with van der Waals surface area (Å²) in [5.41, 5.74) is 9.78. The van der Waals surface area contributed by atoms with Gasteiger partial charge >= 0.3 is 0 Å². The maximum atomic E-state index is 12.4. The van der Waals surface area contributed by atoms with Gasteiger partial charge in [-0.1, -0.05) is 30.0 Å². The molecule has 0 radical (unpaired) electrons. The fourth-order valence-electron chi connectivity index (χ4n) is 3.00. The van der Waals surface area contributed by atoms with Crippen LogP contribution in [0.5, 0.6) is 0 Å². The zero-order chi connectivity index (χ0) is 24.0. The molecule has 0 fully saturated rings. The van der Waals surface area contributed by atoms with E-state index in [4.69, 9.17) is 0 Å². The number of benzene rings is 2. The molecule has 3 rings (SSSR count). The second-order valence-corrected chi connectivity index (χ2v) is 8.48. The summed E-state index contributed by atoms with van der Waals surface area (Å²) in [6.45, 7) is 7.09. The molecular formula is C24H25N5O3S. The number of carbonyl (C=O) groups excluding carboxylic acids is 3. The first-order chi connectivity index (χ1) is 15.7. The topological polar surface area (TPSA) is 113 Å². The molecule has 0 unspecified atom stereocenters. The number of aryl methyl sites for hydroxylation is 3. The van der Waals surface area contributed by atoms with Crippen molar-refractivity contribution in [2.45, 2.75) is 38.6 Å². The normalized spacial score (nSPS) is 10.4. The van der Waals surface area contributed by atoms with Gasteiger partial charge in [0.05, 0.1) is 0 Å². The minimum Gasteiger partial charge on any atom is -0.326 e. The molecular weight excluding hydrogens is 438 g/mol. The van der Waals surface area contributed by atoms with Crippen molar-refractivity contribution in [3.8, 4) is 0 Å². The number of anilines is 1. The molecule has 0 spiro atoms. The van der Waals surface area contributed by atoms with E-state index in [-0.39, 0.29) is 5.91 Å². The summed E-state index contributed by atoms with van der Waals surface area (Å²) in [7, 11) is 0. The van der Waals surface area contributed by atoms with Crippen molar-refractivity contribution >= 4 is 35.2 Å². The van der Waals surface area contributed by atoms with Crippen molar-refractivity contribution in [3.63, 3.8) is 0 Å². The third kappa shape index (κ3) is 6.88. The standard InChI is InChI=1S/C24H25N5O3S/c1-14-5-8-20(12-21(14)27-17(4)30)23(32)29-28-22(31)19-9-6-18(7-10-19)13-33-24-25-15(2)11-16(3)26-24/h5-12H,13H2,1-4H3,(H,27,30)(H,28,31)(H,29,32). The van der Waals surface area contributed by atoms with Crippen molar-refractivity contribution < 1.29 is 14.4 Å². The highest BCUT2D eigenvalue weighted by molar-refractivity contribution is 7.98. The third-order valence-corrected chi connectivity index (χ3v) is 5.56. The van der Waals surface area contributed by atoms with Gasteiger partial charge in [-0.05, 0) is 62.2 Å². The zero-order valence-corrected chi connectivity index (χ0v) is 19.7. The van der Waals surface area contributed by atoms with Crippen LogP contribution in [0.3, 0.4) is 0 Å². The molecule has 3 aromatic rings. The van der Waals surface area contributed by atoms with Crippen LogP contribution >= 0.6 is 11.8 Å². The Labute approximate surface area is 196 Å². The Morgan fingerprint density at radius 1 is 0.818 bits per heavy atom. The fraction of sp³-hybridized carbons (Fsp3) is 0.208. The number of aromatic nitrogens is 2. The lowest BCUT2D eigenvalue weighted by Crippen LogP contribution is -2.41. The number of hydrazine groups is 1. The van der Waals surface area contributed by atoms with Gasteiger partial charge in [0.1, 0.15) is 0 Å². The molecule has 1 heterocycles. The SMILES string of the molecule is CC(=O)Nc1cc(C(=O)NNC(=O)c2ccc(CSc3nc(C)cc(C)n3)cc2)ccc1C. The Balaban J connectivity index is 1.55. The molecule has 2 aromatic carbocycles. The van der Waals surface area contributed by atoms with E-state index in [2.05, 4.69) is 26.1 Å². The first-order valence-corrected chi connectivity index (χ1v) is 11.2. The first-order valence-electron chi connectivity index (χ1n) is 10.2. The summed E-state index contributed by atoms with van der Waals surface area (Å²) in [6.07, 6.45) is 0. The van der Waals surface area contributed by atoms with E-state index in [1.165, 1.54) is 18.7 Å². The van der Waals surface area contributed by atoms with E-state index in [0.29, 0.717) is 22.6 Å². The molecule has 0 atom stereocenters. The summed E-state index contributed by atoms with van der Waals surface area (Å²) in [5.74, 6) is -0.482. The molecule has 170 valence electrons. The van der Waals surface area contributed by atoms with Gasteiger partial charge in [0, 0.05) is 40.9 Å². The van der Waals surface area contributed by atoms with Crippen LogP contribution in [-0.4, -0.2) is 27.7 Å². The highest BCUT2D eigenvalue weighted by Crippen LogP contribution is 2.20. The second kappa shape index (κ2) is 10.7. The van der Waals surface area contributed by atoms with Gasteiger partial charge < -0.3 is 5.32 Å². The van der Waals surface area contributed by atoms with Crippen LogP contribution in [-0.2, 0) is 10.5 Å². The monoisotopic (exact) mass is 463 g/mol. The number of hydrogen-bond donors (Lipinski definition) is 3. The van der Waals surface area contributed by atoms with Gasteiger partial charge in [-0.15, -0.1) is 0 Å². The average molecular weight is 464 g/mol. The van der Waals surface area contributed by atoms with Gasteiger partial charge in [-0.25, -0.2) is 9.97 Å².